The van der Waals surface area contributed by atoms with Crippen molar-refractivity contribution in [3.63, 3.8) is 0 Å². The number of pyridine rings is 1. The smallest absolute Gasteiger partial charge is 0.145 e. The van der Waals surface area contributed by atoms with E-state index in [0.717, 1.165) is 39.5 Å². The second kappa shape index (κ2) is 5.93. The van der Waals surface area contributed by atoms with Crippen LogP contribution in [0, 0.1) is 6.92 Å². The van der Waals surface area contributed by atoms with Crippen LogP contribution < -0.4 is 14.8 Å². The molecule has 2 aromatic carbocycles. The molecule has 1 aromatic heterocycles. The molecule has 0 unspecified atom stereocenters. The lowest BCUT2D eigenvalue weighted by molar-refractivity contribution is 0.415. The van der Waals surface area contributed by atoms with E-state index in [0.29, 0.717) is 0 Å². The van der Waals surface area contributed by atoms with Gasteiger partial charge < -0.3 is 14.8 Å². The Labute approximate surface area is 129 Å². The first-order valence-electron chi connectivity index (χ1n) is 7.06. The van der Waals surface area contributed by atoms with Crippen molar-refractivity contribution in [2.75, 3.05) is 19.5 Å². The number of hydrogen-bond donors (Lipinski definition) is 1. The summed E-state index contributed by atoms with van der Waals surface area (Å²) in [5.41, 5.74) is 3.75. The lowest BCUT2D eigenvalue weighted by Crippen LogP contribution is -1.96. The zero-order valence-corrected chi connectivity index (χ0v) is 12.9. The molecule has 0 atom stereocenters. The van der Waals surface area contributed by atoms with Crippen molar-refractivity contribution in [3.8, 4) is 11.5 Å². The third-order valence-electron chi connectivity index (χ3n) is 3.50. The summed E-state index contributed by atoms with van der Waals surface area (Å²) in [6.07, 6.45) is 0. The third-order valence-corrected chi connectivity index (χ3v) is 3.50. The van der Waals surface area contributed by atoms with Gasteiger partial charge in [-0.1, -0.05) is 18.2 Å². The summed E-state index contributed by atoms with van der Waals surface area (Å²) in [7, 11) is 3.32. The van der Waals surface area contributed by atoms with Gasteiger partial charge in [0.2, 0.25) is 0 Å². The zero-order valence-electron chi connectivity index (χ0n) is 12.9. The Morgan fingerprint density at radius 1 is 0.955 bits per heavy atom. The maximum Gasteiger partial charge on any atom is 0.145 e. The Kier molecular flexibility index (Phi) is 3.83. The first-order valence-corrected chi connectivity index (χ1v) is 7.06. The molecular formula is C18H18N2O2. The number of hydrogen-bond acceptors (Lipinski definition) is 4. The fourth-order valence-electron chi connectivity index (χ4n) is 2.47. The standard InChI is InChI=1S/C18H18N2O2/c1-12-10-16(20-13-6-4-7-14(11-13)21-2)15-8-5-9-17(22-3)18(15)19-12/h4-11H,1-3H3,(H,19,20). The predicted octanol–water partition coefficient (Wildman–Crippen LogP) is 4.30. The van der Waals surface area contributed by atoms with Gasteiger partial charge in [-0.15, -0.1) is 0 Å². The molecule has 0 saturated heterocycles. The number of ether oxygens (including phenoxy) is 2. The Morgan fingerprint density at radius 3 is 2.55 bits per heavy atom. The molecule has 1 N–H and O–H groups in total. The van der Waals surface area contributed by atoms with Crippen LogP contribution >= 0.6 is 0 Å². The number of fused-ring (bicyclic) bond motifs is 1. The molecule has 112 valence electrons. The molecule has 4 heteroatoms. The molecule has 0 amide bonds. The van der Waals surface area contributed by atoms with Gasteiger partial charge in [0.05, 0.1) is 14.2 Å². The number of anilines is 2. The van der Waals surface area contributed by atoms with E-state index in [2.05, 4.69) is 10.3 Å². The van der Waals surface area contributed by atoms with Gasteiger partial charge in [-0.05, 0) is 31.2 Å². The quantitative estimate of drug-likeness (QED) is 0.779. The molecule has 0 aliphatic carbocycles. The van der Waals surface area contributed by atoms with Crippen LogP contribution in [0.3, 0.4) is 0 Å². The van der Waals surface area contributed by atoms with Crippen LogP contribution in [0.15, 0.2) is 48.5 Å². The first kappa shape index (κ1) is 14.2. The number of para-hydroxylation sites is 1. The number of rotatable bonds is 4. The number of benzene rings is 2. The molecule has 0 bridgehead atoms. The highest BCUT2D eigenvalue weighted by molar-refractivity contribution is 5.96. The largest absolute Gasteiger partial charge is 0.497 e. The average molecular weight is 294 g/mol. The Balaban J connectivity index is 2.10. The number of methoxy groups -OCH3 is 2. The minimum Gasteiger partial charge on any atom is -0.497 e. The van der Waals surface area contributed by atoms with E-state index in [9.17, 15) is 0 Å². The van der Waals surface area contributed by atoms with Crippen LogP contribution in [0.25, 0.3) is 10.9 Å². The summed E-state index contributed by atoms with van der Waals surface area (Å²) in [6, 6.07) is 15.8. The fraction of sp³-hybridized carbons (Fsp3) is 0.167. The number of aromatic nitrogens is 1. The zero-order chi connectivity index (χ0) is 15.5. The van der Waals surface area contributed by atoms with Gasteiger partial charge in [-0.2, -0.15) is 0 Å². The summed E-state index contributed by atoms with van der Waals surface area (Å²) in [5.74, 6) is 1.59. The summed E-state index contributed by atoms with van der Waals surface area (Å²) in [5, 5.41) is 4.46. The fourth-order valence-corrected chi connectivity index (χ4v) is 2.47. The van der Waals surface area contributed by atoms with Crippen LogP contribution in [0.2, 0.25) is 0 Å². The first-order chi connectivity index (χ1) is 10.7. The van der Waals surface area contributed by atoms with Crippen molar-refractivity contribution in [1.29, 1.82) is 0 Å². The number of nitrogens with one attached hydrogen (secondary N) is 1. The molecule has 0 saturated carbocycles. The lowest BCUT2D eigenvalue weighted by atomic mass is 10.1. The van der Waals surface area contributed by atoms with Crippen LogP contribution in [-0.4, -0.2) is 19.2 Å². The molecule has 4 nitrogen and oxygen atoms in total. The Bertz CT molecular complexity index is 815. The summed E-state index contributed by atoms with van der Waals surface area (Å²) < 4.78 is 10.7. The van der Waals surface area contributed by atoms with Crippen molar-refractivity contribution in [2.45, 2.75) is 6.92 Å². The maximum atomic E-state index is 5.41. The number of nitrogens with zero attached hydrogens (tertiary/aromatic N) is 1. The molecule has 1 heterocycles. The molecular weight excluding hydrogens is 276 g/mol. The van der Waals surface area contributed by atoms with E-state index in [4.69, 9.17) is 9.47 Å². The molecule has 0 aliphatic rings. The van der Waals surface area contributed by atoms with Gasteiger partial charge in [-0.25, -0.2) is 4.98 Å². The van der Waals surface area contributed by atoms with Gasteiger partial charge in [-0.3, -0.25) is 0 Å². The van der Waals surface area contributed by atoms with Crippen molar-refractivity contribution in [1.82, 2.24) is 4.98 Å². The van der Waals surface area contributed by atoms with Gasteiger partial charge in [0.1, 0.15) is 17.0 Å². The molecule has 0 radical (unpaired) electrons. The van der Waals surface area contributed by atoms with Gasteiger partial charge in [0.25, 0.3) is 0 Å². The molecule has 0 fully saturated rings. The normalized spacial score (nSPS) is 10.5. The van der Waals surface area contributed by atoms with Crippen molar-refractivity contribution >= 4 is 22.3 Å². The number of aryl methyl sites for hydroxylation is 1. The second-order valence-corrected chi connectivity index (χ2v) is 5.02. The lowest BCUT2D eigenvalue weighted by Gasteiger charge is -2.13. The minimum absolute atomic E-state index is 0.773. The highest BCUT2D eigenvalue weighted by Gasteiger charge is 2.09. The van der Waals surface area contributed by atoms with E-state index in [1.54, 1.807) is 14.2 Å². The molecule has 3 aromatic rings. The maximum absolute atomic E-state index is 5.41. The molecule has 0 spiro atoms. The minimum atomic E-state index is 0.773. The van der Waals surface area contributed by atoms with Crippen LogP contribution in [-0.2, 0) is 0 Å². The monoisotopic (exact) mass is 294 g/mol. The van der Waals surface area contributed by atoms with E-state index in [-0.39, 0.29) is 0 Å². The summed E-state index contributed by atoms with van der Waals surface area (Å²) in [4.78, 5) is 4.59. The van der Waals surface area contributed by atoms with E-state index in [1.165, 1.54) is 0 Å². The van der Waals surface area contributed by atoms with E-state index < -0.39 is 0 Å². The van der Waals surface area contributed by atoms with Crippen molar-refractivity contribution < 1.29 is 9.47 Å². The molecule has 22 heavy (non-hydrogen) atoms. The van der Waals surface area contributed by atoms with Gasteiger partial charge in [0.15, 0.2) is 0 Å². The molecule has 0 aliphatic heterocycles. The van der Waals surface area contributed by atoms with Crippen molar-refractivity contribution in [3.05, 3.63) is 54.2 Å². The Morgan fingerprint density at radius 2 is 1.77 bits per heavy atom. The van der Waals surface area contributed by atoms with Gasteiger partial charge in [0, 0.05) is 28.5 Å². The highest BCUT2D eigenvalue weighted by Crippen LogP contribution is 2.32. The Hall–Kier alpha value is -2.75. The second-order valence-electron chi connectivity index (χ2n) is 5.02. The summed E-state index contributed by atoms with van der Waals surface area (Å²) >= 11 is 0. The average Bonchev–Trinajstić information content (AvgIpc) is 2.54. The topological polar surface area (TPSA) is 43.4 Å². The van der Waals surface area contributed by atoms with E-state index in [1.807, 2.05) is 55.5 Å². The third kappa shape index (κ3) is 2.68. The van der Waals surface area contributed by atoms with E-state index >= 15 is 0 Å². The SMILES string of the molecule is COc1cccc(Nc2cc(C)nc3c(OC)cccc23)c1. The van der Waals surface area contributed by atoms with Crippen LogP contribution in [0.4, 0.5) is 11.4 Å². The summed E-state index contributed by atoms with van der Waals surface area (Å²) in [6.45, 7) is 1.97. The van der Waals surface area contributed by atoms with Crippen LogP contribution in [0.1, 0.15) is 5.69 Å². The van der Waals surface area contributed by atoms with Crippen LogP contribution in [0.5, 0.6) is 11.5 Å². The van der Waals surface area contributed by atoms with Gasteiger partial charge >= 0.3 is 0 Å². The molecule has 3 rings (SSSR count). The highest BCUT2D eigenvalue weighted by atomic mass is 16.5. The van der Waals surface area contributed by atoms with Crippen molar-refractivity contribution in [2.24, 2.45) is 0 Å². The predicted molar refractivity (Wildman–Crippen MR) is 89.3 cm³/mol.